The van der Waals surface area contributed by atoms with Crippen LogP contribution >= 0.6 is 11.6 Å². The maximum Gasteiger partial charge on any atom is 0.339 e. The molecule has 0 fully saturated rings. The molecule has 0 saturated heterocycles. The van der Waals surface area contributed by atoms with Gasteiger partial charge in [-0.15, -0.1) is 0 Å². The van der Waals surface area contributed by atoms with Crippen LogP contribution in [0.25, 0.3) is 17.2 Å². The molecule has 7 heteroatoms. The van der Waals surface area contributed by atoms with E-state index >= 15 is 0 Å². The number of halogens is 1. The van der Waals surface area contributed by atoms with E-state index in [1.54, 1.807) is 6.08 Å². The van der Waals surface area contributed by atoms with E-state index in [4.69, 9.17) is 20.5 Å². The molecule has 4 aromatic rings. The molecule has 4 aromatic carbocycles. The summed E-state index contributed by atoms with van der Waals surface area (Å²) in [6.45, 7) is 0. The van der Waals surface area contributed by atoms with Gasteiger partial charge < -0.3 is 8.92 Å². The third-order valence-corrected chi connectivity index (χ3v) is 6.78. The molecular formula is C27H17ClO5S. The van der Waals surface area contributed by atoms with Crippen molar-refractivity contribution in [1.82, 2.24) is 0 Å². The first kappa shape index (κ1) is 21.9. The van der Waals surface area contributed by atoms with Gasteiger partial charge in [0.25, 0.3) is 0 Å². The number of ketones is 1. The maximum atomic E-state index is 12.8. The van der Waals surface area contributed by atoms with E-state index < -0.39 is 10.1 Å². The number of hydrogen-bond acceptors (Lipinski definition) is 5. The summed E-state index contributed by atoms with van der Waals surface area (Å²) >= 11 is 5.82. The van der Waals surface area contributed by atoms with Crippen LogP contribution in [0.15, 0.2) is 108 Å². The number of allylic oxidation sites excluding steroid dienone is 1. The number of benzene rings is 4. The Balaban J connectivity index is 1.35. The molecule has 0 atom stereocenters. The second kappa shape index (κ2) is 8.82. The minimum atomic E-state index is -4.06. The highest BCUT2D eigenvalue weighted by atomic mass is 35.5. The number of fused-ring (bicyclic) bond motifs is 1. The van der Waals surface area contributed by atoms with Crippen molar-refractivity contribution in [1.29, 1.82) is 0 Å². The Hall–Kier alpha value is -3.87. The van der Waals surface area contributed by atoms with Gasteiger partial charge >= 0.3 is 10.1 Å². The normalized spacial score (nSPS) is 14.0. The van der Waals surface area contributed by atoms with Crippen molar-refractivity contribution in [2.75, 3.05) is 0 Å². The molecule has 5 rings (SSSR count). The average Bonchev–Trinajstić information content (AvgIpc) is 3.14. The van der Waals surface area contributed by atoms with E-state index in [0.29, 0.717) is 10.6 Å². The molecule has 0 radical (unpaired) electrons. The number of carbonyl (C=O) groups excluding carboxylic acids is 1. The lowest BCUT2D eigenvalue weighted by Crippen LogP contribution is -2.09. The number of rotatable bonds is 5. The largest absolute Gasteiger partial charge is 0.452 e. The zero-order valence-corrected chi connectivity index (χ0v) is 19.2. The van der Waals surface area contributed by atoms with Crippen molar-refractivity contribution in [3.8, 4) is 22.6 Å². The molecule has 0 bridgehead atoms. The molecule has 0 amide bonds. The Labute approximate surface area is 202 Å². The van der Waals surface area contributed by atoms with Crippen LogP contribution in [0.2, 0.25) is 5.02 Å². The molecule has 0 saturated carbocycles. The molecular weight excluding hydrogens is 472 g/mol. The van der Waals surface area contributed by atoms with Crippen LogP contribution in [-0.2, 0) is 10.1 Å². The third kappa shape index (κ3) is 4.46. The summed E-state index contributed by atoms with van der Waals surface area (Å²) in [4.78, 5) is 12.7. The van der Waals surface area contributed by atoms with Crippen LogP contribution in [0.1, 0.15) is 15.9 Å². The SMILES string of the molecule is O=C1/C(=C/c2ccc(-c3ccccc3)cc2)Oc2cc(OS(=O)(=O)c3ccc(Cl)cc3)ccc21. The van der Waals surface area contributed by atoms with E-state index in [0.717, 1.165) is 16.7 Å². The van der Waals surface area contributed by atoms with Gasteiger partial charge in [-0.3, -0.25) is 4.79 Å². The molecule has 0 N–H and O–H groups in total. The van der Waals surface area contributed by atoms with Gasteiger partial charge in [-0.2, -0.15) is 8.42 Å². The Morgan fingerprint density at radius 2 is 1.47 bits per heavy atom. The quantitative estimate of drug-likeness (QED) is 0.240. The summed E-state index contributed by atoms with van der Waals surface area (Å²) in [7, 11) is -4.06. The predicted octanol–water partition coefficient (Wildman–Crippen LogP) is 6.39. The van der Waals surface area contributed by atoms with Gasteiger partial charge in [0.05, 0.1) is 5.56 Å². The van der Waals surface area contributed by atoms with Gasteiger partial charge in [-0.25, -0.2) is 0 Å². The fourth-order valence-corrected chi connectivity index (χ4v) is 4.60. The first-order valence-electron chi connectivity index (χ1n) is 10.3. The monoisotopic (exact) mass is 488 g/mol. The standard InChI is InChI=1S/C27H17ClO5S/c28-21-10-13-23(14-11-21)34(30,31)33-22-12-15-24-25(17-22)32-26(27(24)29)16-18-6-8-20(9-7-18)19-4-2-1-3-5-19/h1-17H/b26-16-. The van der Waals surface area contributed by atoms with Gasteiger partial charge in [0.2, 0.25) is 5.78 Å². The summed E-state index contributed by atoms with van der Waals surface area (Å²) in [6, 6.07) is 27.7. The predicted molar refractivity (Wildman–Crippen MR) is 131 cm³/mol. The van der Waals surface area contributed by atoms with E-state index in [1.807, 2.05) is 54.6 Å². The Morgan fingerprint density at radius 1 is 0.794 bits per heavy atom. The molecule has 1 heterocycles. The van der Waals surface area contributed by atoms with Crippen molar-refractivity contribution in [2.24, 2.45) is 0 Å². The third-order valence-electron chi connectivity index (χ3n) is 5.27. The van der Waals surface area contributed by atoms with Crippen LogP contribution in [-0.4, -0.2) is 14.2 Å². The summed E-state index contributed by atoms with van der Waals surface area (Å²) < 4.78 is 36.0. The molecule has 0 unspecified atom stereocenters. The summed E-state index contributed by atoms with van der Waals surface area (Å²) in [5.41, 5.74) is 3.30. The van der Waals surface area contributed by atoms with E-state index in [2.05, 4.69) is 0 Å². The fraction of sp³-hybridized carbons (Fsp3) is 0. The van der Waals surface area contributed by atoms with Crippen molar-refractivity contribution < 1.29 is 22.1 Å². The fourth-order valence-electron chi connectivity index (χ4n) is 3.55. The summed E-state index contributed by atoms with van der Waals surface area (Å²) in [6.07, 6.45) is 1.65. The number of hydrogen-bond donors (Lipinski definition) is 0. The summed E-state index contributed by atoms with van der Waals surface area (Å²) in [5.74, 6) is 0.144. The van der Waals surface area contributed by atoms with Crippen LogP contribution in [0.3, 0.4) is 0 Å². The number of Topliss-reactive ketones (excluding diaryl/α,β-unsaturated/α-hetero) is 1. The Kier molecular flexibility index (Phi) is 5.69. The summed E-state index contributed by atoms with van der Waals surface area (Å²) in [5, 5.41) is 0.414. The van der Waals surface area contributed by atoms with Crippen LogP contribution in [0.5, 0.6) is 11.5 Å². The highest BCUT2D eigenvalue weighted by Crippen LogP contribution is 2.36. The van der Waals surface area contributed by atoms with Gasteiger partial charge in [0, 0.05) is 11.1 Å². The van der Waals surface area contributed by atoms with Gasteiger partial charge in [-0.05, 0) is 59.2 Å². The highest BCUT2D eigenvalue weighted by Gasteiger charge is 2.28. The highest BCUT2D eigenvalue weighted by molar-refractivity contribution is 7.87. The zero-order chi connectivity index (χ0) is 23.7. The average molecular weight is 489 g/mol. The molecule has 168 valence electrons. The van der Waals surface area contributed by atoms with E-state index in [-0.39, 0.29) is 27.9 Å². The smallest absolute Gasteiger partial charge is 0.339 e. The number of ether oxygens (including phenoxy) is 1. The minimum absolute atomic E-state index is 0.0334. The van der Waals surface area contributed by atoms with Gasteiger partial charge in [0.15, 0.2) is 5.76 Å². The lowest BCUT2D eigenvalue weighted by atomic mass is 10.0. The second-order valence-corrected chi connectivity index (χ2v) is 9.56. The number of carbonyl (C=O) groups is 1. The molecule has 1 aliphatic rings. The Bertz CT molecular complexity index is 1510. The zero-order valence-electron chi connectivity index (χ0n) is 17.6. The van der Waals surface area contributed by atoms with Crippen molar-refractivity contribution >= 4 is 33.6 Å². The van der Waals surface area contributed by atoms with E-state index in [9.17, 15) is 13.2 Å². The molecule has 0 aliphatic carbocycles. The molecule has 1 aliphatic heterocycles. The van der Waals surface area contributed by atoms with Gasteiger partial charge in [0.1, 0.15) is 16.4 Å². The first-order chi connectivity index (χ1) is 16.4. The lowest BCUT2D eigenvalue weighted by molar-refractivity contribution is 0.101. The Morgan fingerprint density at radius 3 is 2.18 bits per heavy atom. The first-order valence-corrected chi connectivity index (χ1v) is 12.1. The molecule has 34 heavy (non-hydrogen) atoms. The van der Waals surface area contributed by atoms with Crippen molar-refractivity contribution in [3.05, 3.63) is 119 Å². The van der Waals surface area contributed by atoms with E-state index in [1.165, 1.54) is 42.5 Å². The lowest BCUT2D eigenvalue weighted by Gasteiger charge is -2.08. The molecule has 0 spiro atoms. The minimum Gasteiger partial charge on any atom is -0.452 e. The molecule has 0 aromatic heterocycles. The van der Waals surface area contributed by atoms with Crippen molar-refractivity contribution in [2.45, 2.75) is 4.90 Å². The van der Waals surface area contributed by atoms with Crippen LogP contribution in [0.4, 0.5) is 0 Å². The topological polar surface area (TPSA) is 69.7 Å². The van der Waals surface area contributed by atoms with Crippen LogP contribution in [0, 0.1) is 0 Å². The molecule has 5 nitrogen and oxygen atoms in total. The van der Waals surface area contributed by atoms with Crippen LogP contribution < -0.4 is 8.92 Å². The van der Waals surface area contributed by atoms with Crippen molar-refractivity contribution in [3.63, 3.8) is 0 Å². The van der Waals surface area contributed by atoms with Gasteiger partial charge in [-0.1, -0.05) is 66.2 Å². The second-order valence-electron chi connectivity index (χ2n) is 7.58. The maximum absolute atomic E-state index is 12.8.